The quantitative estimate of drug-likeness (QED) is 0.337. The Labute approximate surface area is 136 Å². The lowest BCUT2D eigenvalue weighted by Crippen LogP contribution is -2.41. The highest BCUT2D eigenvalue weighted by Crippen LogP contribution is 2.38. The zero-order valence-corrected chi connectivity index (χ0v) is 13.9. The van der Waals surface area contributed by atoms with Gasteiger partial charge in [-0.3, -0.25) is 10.2 Å². The fourth-order valence-electron chi connectivity index (χ4n) is 2.25. The van der Waals surface area contributed by atoms with Crippen LogP contribution in [0.1, 0.15) is 43.6 Å². The molecule has 0 unspecified atom stereocenters. The van der Waals surface area contributed by atoms with E-state index in [1.807, 2.05) is 33.8 Å². The molecule has 0 radical (unpaired) electrons. The Kier molecular flexibility index (Phi) is 4.96. The number of nitrogens with one attached hydrogen (secondary N) is 1. The maximum atomic E-state index is 11.6. The molecule has 6 nitrogen and oxygen atoms in total. The number of carbonyl (C=O) groups excluding carboxylic acids is 1. The van der Waals surface area contributed by atoms with E-state index in [9.17, 15) is 9.90 Å². The highest BCUT2D eigenvalue weighted by Gasteiger charge is 2.52. The van der Waals surface area contributed by atoms with Crippen LogP contribution in [-0.4, -0.2) is 35.9 Å². The molecule has 1 amide bonds. The zero-order valence-electron chi connectivity index (χ0n) is 13.9. The summed E-state index contributed by atoms with van der Waals surface area (Å²) in [6, 6.07) is 6.92. The lowest BCUT2D eigenvalue weighted by molar-refractivity contribution is 0.00578. The molecule has 0 saturated carbocycles. The van der Waals surface area contributed by atoms with E-state index in [1.54, 1.807) is 24.3 Å². The highest BCUT2D eigenvalue weighted by molar-refractivity contribution is 6.55. The lowest BCUT2D eigenvalue weighted by Gasteiger charge is -2.32. The first-order chi connectivity index (χ1) is 10.7. The molecule has 1 aliphatic rings. The topological polar surface area (TPSA) is 93.8 Å². The Bertz CT molecular complexity index is 612. The molecule has 1 aromatic rings. The van der Waals surface area contributed by atoms with E-state index in [2.05, 4.69) is 5.43 Å². The third-order valence-electron chi connectivity index (χ3n) is 4.37. The Morgan fingerprint density at radius 2 is 1.91 bits per heavy atom. The monoisotopic (exact) mass is 318 g/mol. The summed E-state index contributed by atoms with van der Waals surface area (Å²) in [5.41, 5.74) is 2.92. The van der Waals surface area contributed by atoms with Crippen molar-refractivity contribution >= 4 is 19.1 Å². The number of aliphatic hydroxyl groups is 1. The van der Waals surface area contributed by atoms with Crippen molar-refractivity contribution in [2.75, 3.05) is 6.61 Å². The van der Waals surface area contributed by atoms with Crippen molar-refractivity contribution in [3.8, 4) is 0 Å². The second kappa shape index (κ2) is 6.45. The molecule has 0 atom stereocenters. The van der Waals surface area contributed by atoms with Crippen molar-refractivity contribution in [2.24, 2.45) is 5.84 Å². The van der Waals surface area contributed by atoms with E-state index in [-0.39, 0.29) is 12.5 Å². The first-order valence-electron chi connectivity index (χ1n) is 7.48. The van der Waals surface area contributed by atoms with Gasteiger partial charge < -0.3 is 14.4 Å². The summed E-state index contributed by atoms with van der Waals surface area (Å²) < 4.78 is 11.9. The fraction of sp³-hybridized carbons (Fsp3) is 0.438. The van der Waals surface area contributed by atoms with E-state index in [0.717, 1.165) is 5.56 Å². The van der Waals surface area contributed by atoms with Gasteiger partial charge in [0.05, 0.1) is 17.8 Å². The summed E-state index contributed by atoms with van der Waals surface area (Å²) in [6.45, 7) is 7.61. The number of benzene rings is 1. The molecule has 23 heavy (non-hydrogen) atoms. The molecule has 1 fully saturated rings. The number of nitrogen functional groups attached to an aromatic ring is 1. The summed E-state index contributed by atoms with van der Waals surface area (Å²) in [6.07, 6.45) is 1.76. The molecule has 1 aliphatic heterocycles. The number of aliphatic hydroxyl groups excluding tert-OH is 1. The molecule has 0 spiro atoms. The van der Waals surface area contributed by atoms with Gasteiger partial charge in [0, 0.05) is 5.56 Å². The summed E-state index contributed by atoms with van der Waals surface area (Å²) in [7, 11) is -0.628. The second-order valence-electron chi connectivity index (χ2n) is 6.56. The molecule has 7 heteroatoms. The van der Waals surface area contributed by atoms with Crippen molar-refractivity contribution in [1.82, 2.24) is 5.43 Å². The highest BCUT2D eigenvalue weighted by atomic mass is 16.7. The van der Waals surface area contributed by atoms with Gasteiger partial charge in [0.2, 0.25) is 0 Å². The standard InChI is InChI=1S/C16H23BN2O4/c1-15(2)16(3,4)23-17(22-15)13(10-20)9-11-6-5-7-12(8-11)14(21)19-18/h5-9,20H,10,18H2,1-4H3,(H,19,21). The number of carbonyl (C=O) groups is 1. The Morgan fingerprint density at radius 3 is 2.43 bits per heavy atom. The van der Waals surface area contributed by atoms with Gasteiger partial charge in [0.15, 0.2) is 0 Å². The van der Waals surface area contributed by atoms with Gasteiger partial charge in [0.1, 0.15) is 0 Å². The number of nitrogens with two attached hydrogens (primary N) is 1. The lowest BCUT2D eigenvalue weighted by atomic mass is 9.77. The average molecular weight is 318 g/mol. The Morgan fingerprint density at radius 1 is 1.30 bits per heavy atom. The summed E-state index contributed by atoms with van der Waals surface area (Å²) >= 11 is 0. The Hall–Kier alpha value is -1.67. The smallest absolute Gasteiger partial charge is 0.400 e. The van der Waals surface area contributed by atoms with E-state index >= 15 is 0 Å². The van der Waals surface area contributed by atoms with Crippen molar-refractivity contribution < 1.29 is 19.2 Å². The van der Waals surface area contributed by atoms with Gasteiger partial charge in [-0.2, -0.15) is 0 Å². The third kappa shape index (κ3) is 3.64. The molecule has 0 aliphatic carbocycles. The molecular formula is C16H23BN2O4. The number of hydrogen-bond acceptors (Lipinski definition) is 5. The van der Waals surface area contributed by atoms with Crippen LogP contribution in [0.4, 0.5) is 0 Å². The molecule has 4 N–H and O–H groups in total. The largest absolute Gasteiger partial charge is 0.492 e. The Balaban J connectivity index is 2.28. The van der Waals surface area contributed by atoms with Gasteiger partial charge in [-0.1, -0.05) is 18.2 Å². The van der Waals surface area contributed by atoms with E-state index in [1.165, 1.54) is 0 Å². The minimum Gasteiger partial charge on any atom is -0.400 e. The SMILES string of the molecule is CC1(C)OB(C(=Cc2cccc(C(=O)NN)c2)CO)OC1(C)C. The molecule has 2 rings (SSSR count). The van der Waals surface area contributed by atoms with Gasteiger partial charge in [0.25, 0.3) is 5.91 Å². The number of rotatable bonds is 4. The normalized spacial score (nSPS) is 19.7. The summed E-state index contributed by atoms with van der Waals surface area (Å²) in [5, 5.41) is 9.69. The van der Waals surface area contributed by atoms with Crippen LogP contribution < -0.4 is 11.3 Å². The third-order valence-corrected chi connectivity index (χ3v) is 4.37. The van der Waals surface area contributed by atoms with Gasteiger partial charge in [-0.05, 0) is 50.9 Å². The molecule has 0 bridgehead atoms. The number of amides is 1. The molecule has 0 aromatic heterocycles. The second-order valence-corrected chi connectivity index (χ2v) is 6.56. The first-order valence-corrected chi connectivity index (χ1v) is 7.48. The van der Waals surface area contributed by atoms with Crippen molar-refractivity contribution in [3.63, 3.8) is 0 Å². The van der Waals surface area contributed by atoms with Crippen LogP contribution in [0.5, 0.6) is 0 Å². The van der Waals surface area contributed by atoms with Gasteiger partial charge in [-0.25, -0.2) is 5.84 Å². The average Bonchev–Trinajstić information content (AvgIpc) is 2.72. The fourth-order valence-corrected chi connectivity index (χ4v) is 2.25. The number of hydrogen-bond donors (Lipinski definition) is 3. The minimum atomic E-state index is -0.628. The summed E-state index contributed by atoms with van der Waals surface area (Å²) in [5.74, 6) is 4.77. The first kappa shape index (κ1) is 17.7. The zero-order chi connectivity index (χ0) is 17.3. The van der Waals surface area contributed by atoms with E-state index in [4.69, 9.17) is 15.2 Å². The van der Waals surface area contributed by atoms with E-state index < -0.39 is 18.3 Å². The van der Waals surface area contributed by atoms with Crippen LogP contribution in [0.25, 0.3) is 6.08 Å². The predicted octanol–water partition coefficient (Wildman–Crippen LogP) is 1.30. The van der Waals surface area contributed by atoms with Crippen molar-refractivity contribution in [2.45, 2.75) is 38.9 Å². The van der Waals surface area contributed by atoms with E-state index in [0.29, 0.717) is 11.0 Å². The van der Waals surface area contributed by atoms with Crippen LogP contribution >= 0.6 is 0 Å². The van der Waals surface area contributed by atoms with Crippen LogP contribution in [0.3, 0.4) is 0 Å². The van der Waals surface area contributed by atoms with Crippen LogP contribution in [-0.2, 0) is 9.31 Å². The predicted molar refractivity (Wildman–Crippen MR) is 89.2 cm³/mol. The summed E-state index contributed by atoms with van der Waals surface area (Å²) in [4.78, 5) is 11.6. The molecular weight excluding hydrogens is 295 g/mol. The van der Waals surface area contributed by atoms with Gasteiger partial charge >= 0.3 is 7.12 Å². The van der Waals surface area contributed by atoms with Gasteiger partial charge in [-0.15, -0.1) is 0 Å². The van der Waals surface area contributed by atoms with Crippen LogP contribution in [0.15, 0.2) is 29.7 Å². The molecule has 1 aromatic carbocycles. The van der Waals surface area contributed by atoms with Crippen LogP contribution in [0, 0.1) is 0 Å². The number of hydrazine groups is 1. The maximum Gasteiger partial charge on any atom is 0.492 e. The van der Waals surface area contributed by atoms with Crippen LogP contribution in [0.2, 0.25) is 0 Å². The molecule has 1 saturated heterocycles. The molecule has 124 valence electrons. The maximum absolute atomic E-state index is 11.6. The molecule has 1 heterocycles. The van der Waals surface area contributed by atoms with Crippen molar-refractivity contribution in [1.29, 1.82) is 0 Å². The van der Waals surface area contributed by atoms with Crippen molar-refractivity contribution in [3.05, 3.63) is 40.9 Å². The minimum absolute atomic E-state index is 0.204.